The van der Waals surface area contributed by atoms with Crippen LogP contribution in [0.3, 0.4) is 0 Å². The van der Waals surface area contributed by atoms with Gasteiger partial charge in [0.1, 0.15) is 10.7 Å². The van der Waals surface area contributed by atoms with Gasteiger partial charge in [0.25, 0.3) is 11.5 Å². The number of carbonyl (C=O) groups is 1. The highest BCUT2D eigenvalue weighted by Crippen LogP contribution is 2.20. The Morgan fingerprint density at radius 2 is 2.08 bits per heavy atom. The molecule has 0 unspecified atom stereocenters. The van der Waals surface area contributed by atoms with Crippen LogP contribution in [0.15, 0.2) is 35.1 Å². The third-order valence-corrected chi connectivity index (χ3v) is 4.41. The molecular formula is C17H17N5O2S. The number of anilines is 1. The lowest BCUT2D eigenvalue weighted by Crippen LogP contribution is -2.13. The van der Waals surface area contributed by atoms with Crippen LogP contribution in [0, 0.1) is 0 Å². The van der Waals surface area contributed by atoms with Crippen LogP contribution < -0.4 is 10.9 Å². The van der Waals surface area contributed by atoms with Gasteiger partial charge in [-0.15, -0.1) is 5.10 Å². The van der Waals surface area contributed by atoms with Crippen LogP contribution in [-0.4, -0.2) is 25.5 Å². The van der Waals surface area contributed by atoms with E-state index in [1.54, 1.807) is 18.2 Å². The first-order valence-corrected chi connectivity index (χ1v) is 8.71. The number of nitrogens with one attached hydrogen (secondary N) is 2. The van der Waals surface area contributed by atoms with Gasteiger partial charge < -0.3 is 10.3 Å². The van der Waals surface area contributed by atoms with Crippen molar-refractivity contribution >= 4 is 23.1 Å². The summed E-state index contributed by atoms with van der Waals surface area (Å²) in [7, 11) is 0. The Bertz CT molecular complexity index is 963. The van der Waals surface area contributed by atoms with Gasteiger partial charge in [-0.2, -0.15) is 0 Å². The summed E-state index contributed by atoms with van der Waals surface area (Å²) in [4.78, 5) is 31.8. The Balaban J connectivity index is 1.88. The molecule has 0 atom stereocenters. The Morgan fingerprint density at radius 3 is 2.84 bits per heavy atom. The molecule has 8 heteroatoms. The minimum absolute atomic E-state index is 0.195. The van der Waals surface area contributed by atoms with Gasteiger partial charge in [-0.25, -0.2) is 4.98 Å². The predicted molar refractivity (Wildman–Crippen MR) is 96.9 cm³/mol. The van der Waals surface area contributed by atoms with Gasteiger partial charge in [-0.05, 0) is 36.5 Å². The second-order valence-corrected chi connectivity index (χ2v) is 6.13. The number of aryl methyl sites for hydroxylation is 2. The third kappa shape index (κ3) is 3.80. The highest BCUT2D eigenvalue weighted by atomic mass is 32.1. The van der Waals surface area contributed by atoms with Gasteiger partial charge in [0, 0.05) is 23.0 Å². The molecule has 0 aliphatic rings. The topological polar surface area (TPSA) is 101 Å². The minimum atomic E-state index is -0.243. The van der Waals surface area contributed by atoms with Crippen molar-refractivity contribution in [2.24, 2.45) is 0 Å². The standard InChI is InChI=1S/C17H17N5O2S/c1-3-11-9-14(23)20-16(18-11)10-6-5-7-12(8-10)19-17(24)15-13(4-2)21-22-25-15/h5-9H,3-4H2,1-2H3,(H,19,24)(H,18,20,23). The summed E-state index contributed by atoms with van der Waals surface area (Å²) >= 11 is 1.08. The molecule has 2 N–H and O–H groups in total. The SMILES string of the molecule is CCc1cc(=O)[nH]c(-c2cccc(NC(=O)c3snnc3CC)c2)n1. The first-order valence-electron chi connectivity index (χ1n) is 7.94. The number of rotatable bonds is 5. The van der Waals surface area contributed by atoms with Crippen LogP contribution >= 0.6 is 11.5 Å². The highest BCUT2D eigenvalue weighted by Gasteiger charge is 2.15. The molecule has 7 nitrogen and oxygen atoms in total. The zero-order valence-corrected chi connectivity index (χ0v) is 14.7. The number of hydrogen-bond donors (Lipinski definition) is 2. The molecule has 0 fully saturated rings. The number of hydrogen-bond acceptors (Lipinski definition) is 6. The van der Waals surface area contributed by atoms with Crippen molar-refractivity contribution in [1.29, 1.82) is 0 Å². The van der Waals surface area contributed by atoms with Gasteiger partial charge in [-0.3, -0.25) is 9.59 Å². The molecule has 128 valence electrons. The van der Waals surface area contributed by atoms with Crippen molar-refractivity contribution in [2.75, 3.05) is 5.32 Å². The molecule has 3 aromatic rings. The van der Waals surface area contributed by atoms with Gasteiger partial charge in [-0.1, -0.05) is 30.5 Å². The molecule has 2 aromatic heterocycles. The average Bonchev–Trinajstić information content (AvgIpc) is 3.10. The van der Waals surface area contributed by atoms with Gasteiger partial charge in [0.15, 0.2) is 0 Å². The monoisotopic (exact) mass is 355 g/mol. The Morgan fingerprint density at radius 1 is 1.24 bits per heavy atom. The fraction of sp³-hybridized carbons (Fsp3) is 0.235. The van der Waals surface area contributed by atoms with E-state index >= 15 is 0 Å². The number of nitrogens with zero attached hydrogens (tertiary/aromatic N) is 3. The second kappa shape index (κ2) is 7.35. The first-order chi connectivity index (χ1) is 12.1. The largest absolute Gasteiger partial charge is 0.321 e. The van der Waals surface area contributed by atoms with Gasteiger partial charge >= 0.3 is 0 Å². The molecule has 0 radical (unpaired) electrons. The number of carbonyl (C=O) groups excluding carboxylic acids is 1. The number of H-pyrrole nitrogens is 1. The second-order valence-electron chi connectivity index (χ2n) is 5.38. The van der Waals surface area contributed by atoms with Crippen LogP contribution in [0.4, 0.5) is 5.69 Å². The maximum Gasteiger partial charge on any atom is 0.269 e. The van der Waals surface area contributed by atoms with Crippen molar-refractivity contribution in [3.63, 3.8) is 0 Å². The minimum Gasteiger partial charge on any atom is -0.321 e. The summed E-state index contributed by atoms with van der Waals surface area (Å²) in [5.41, 5.74) is 2.54. The van der Waals surface area contributed by atoms with E-state index in [1.807, 2.05) is 19.9 Å². The molecule has 0 aliphatic carbocycles. The fourth-order valence-electron chi connectivity index (χ4n) is 2.37. The zero-order valence-electron chi connectivity index (χ0n) is 13.9. The summed E-state index contributed by atoms with van der Waals surface area (Å²) in [6.07, 6.45) is 1.32. The van der Waals surface area contributed by atoms with E-state index in [0.717, 1.165) is 22.8 Å². The summed E-state index contributed by atoms with van der Waals surface area (Å²) in [5.74, 6) is 0.238. The maximum absolute atomic E-state index is 12.4. The van der Waals surface area contributed by atoms with Crippen molar-refractivity contribution in [3.05, 3.63) is 57.0 Å². The molecule has 0 bridgehead atoms. The van der Waals surface area contributed by atoms with Crippen molar-refractivity contribution in [1.82, 2.24) is 19.6 Å². The van der Waals surface area contributed by atoms with E-state index in [4.69, 9.17) is 0 Å². The van der Waals surface area contributed by atoms with Gasteiger partial charge in [0.05, 0.1) is 5.69 Å². The molecule has 0 saturated carbocycles. The number of amides is 1. The van der Waals surface area contributed by atoms with Crippen molar-refractivity contribution < 1.29 is 4.79 Å². The summed E-state index contributed by atoms with van der Waals surface area (Å²) in [5, 5.41) is 6.79. The van der Waals surface area contributed by atoms with E-state index in [2.05, 4.69) is 24.9 Å². The lowest BCUT2D eigenvalue weighted by molar-refractivity contribution is 0.102. The van der Waals surface area contributed by atoms with Crippen LogP contribution in [0.25, 0.3) is 11.4 Å². The first kappa shape index (κ1) is 17.0. The Hall–Kier alpha value is -2.87. The van der Waals surface area contributed by atoms with Crippen LogP contribution in [0.5, 0.6) is 0 Å². The average molecular weight is 355 g/mol. The molecule has 2 heterocycles. The molecular weight excluding hydrogens is 338 g/mol. The predicted octanol–water partition coefficient (Wildman–Crippen LogP) is 2.67. The molecule has 3 rings (SSSR count). The smallest absolute Gasteiger partial charge is 0.269 e. The van der Waals surface area contributed by atoms with Crippen molar-refractivity contribution in [2.45, 2.75) is 26.7 Å². The summed E-state index contributed by atoms with van der Waals surface area (Å²) < 4.78 is 3.83. The molecule has 25 heavy (non-hydrogen) atoms. The molecule has 1 aromatic carbocycles. The molecule has 1 amide bonds. The Kier molecular flexibility index (Phi) is 4.99. The van der Waals surface area contributed by atoms with Crippen LogP contribution in [0.2, 0.25) is 0 Å². The van der Waals surface area contributed by atoms with E-state index in [9.17, 15) is 9.59 Å². The lowest BCUT2D eigenvalue weighted by atomic mass is 10.1. The number of benzene rings is 1. The third-order valence-electron chi connectivity index (χ3n) is 3.65. The van der Waals surface area contributed by atoms with E-state index in [0.29, 0.717) is 34.9 Å². The normalized spacial score (nSPS) is 10.6. The fourth-order valence-corrected chi connectivity index (χ4v) is 3.02. The summed E-state index contributed by atoms with van der Waals surface area (Å²) in [6, 6.07) is 8.67. The van der Waals surface area contributed by atoms with Crippen LogP contribution in [-0.2, 0) is 12.8 Å². The molecule has 0 spiro atoms. The van der Waals surface area contributed by atoms with E-state index in [-0.39, 0.29) is 11.5 Å². The number of aromatic amines is 1. The van der Waals surface area contributed by atoms with Crippen molar-refractivity contribution in [3.8, 4) is 11.4 Å². The molecule has 0 saturated heterocycles. The zero-order chi connectivity index (χ0) is 17.8. The highest BCUT2D eigenvalue weighted by molar-refractivity contribution is 7.08. The van der Waals surface area contributed by atoms with Crippen LogP contribution in [0.1, 0.15) is 34.9 Å². The van der Waals surface area contributed by atoms with E-state index < -0.39 is 0 Å². The number of aromatic nitrogens is 4. The lowest BCUT2D eigenvalue weighted by Gasteiger charge is -2.07. The maximum atomic E-state index is 12.4. The Labute approximate surface area is 148 Å². The summed E-state index contributed by atoms with van der Waals surface area (Å²) in [6.45, 7) is 3.87. The van der Waals surface area contributed by atoms with E-state index in [1.165, 1.54) is 6.07 Å². The quantitative estimate of drug-likeness (QED) is 0.733. The molecule has 0 aliphatic heterocycles. The van der Waals surface area contributed by atoms with Gasteiger partial charge in [0.2, 0.25) is 0 Å².